The molecule has 0 aromatic heterocycles. The highest BCUT2D eigenvalue weighted by Gasteiger charge is 2.73. The van der Waals surface area contributed by atoms with Crippen LogP contribution in [0.5, 0.6) is 5.75 Å². The molecular weight excluding hydrogens is 496 g/mol. The van der Waals surface area contributed by atoms with Crippen LogP contribution in [0.15, 0.2) is 28.2 Å². The summed E-state index contributed by atoms with van der Waals surface area (Å²) in [6, 6.07) is 2.07. The van der Waals surface area contributed by atoms with E-state index in [-0.39, 0.29) is 55.2 Å². The predicted molar refractivity (Wildman–Crippen MR) is 133 cm³/mol. The van der Waals surface area contributed by atoms with E-state index in [0.717, 1.165) is 10.5 Å². The Morgan fingerprint density at radius 3 is 2.63 bits per heavy atom. The molecule has 3 unspecified atom stereocenters. The van der Waals surface area contributed by atoms with E-state index in [0.29, 0.717) is 12.2 Å². The number of nitrogens with two attached hydrogens (primary N) is 2. The highest BCUT2D eigenvalue weighted by molar-refractivity contribution is 6.02. The van der Waals surface area contributed by atoms with Gasteiger partial charge in [-0.05, 0) is 25.5 Å². The fraction of sp³-hybridized carbons (Fsp3) is 0.542. The second-order valence-electron chi connectivity index (χ2n) is 11.0. The molecule has 1 spiro atoms. The van der Waals surface area contributed by atoms with Crippen LogP contribution in [-0.2, 0) is 16.0 Å². The number of guanidine groups is 2. The van der Waals surface area contributed by atoms with Crippen molar-refractivity contribution in [3.63, 3.8) is 0 Å². The van der Waals surface area contributed by atoms with Crippen molar-refractivity contribution in [1.82, 2.24) is 20.4 Å². The fourth-order valence-electron chi connectivity index (χ4n) is 6.28. The van der Waals surface area contributed by atoms with Gasteiger partial charge in [0.05, 0.1) is 18.2 Å². The zero-order valence-corrected chi connectivity index (χ0v) is 21.0. The van der Waals surface area contributed by atoms with Crippen LogP contribution in [0.3, 0.4) is 0 Å². The number of likely N-dealkylation sites (tertiary alicyclic amines) is 1. The first kappa shape index (κ1) is 24.4. The number of nitrogens with one attached hydrogen (secondary N) is 2. The second-order valence-corrected chi connectivity index (χ2v) is 11.0. The Bertz CT molecular complexity index is 1310. The van der Waals surface area contributed by atoms with Crippen LogP contribution in [0.1, 0.15) is 42.6 Å². The Morgan fingerprint density at radius 1 is 1.21 bits per heavy atom. The molecule has 3 amide bonds. The van der Waals surface area contributed by atoms with E-state index in [2.05, 4.69) is 20.6 Å². The highest BCUT2D eigenvalue weighted by atomic mass is 16.5. The standard InChI is InChI=1S/C24H30N8O6/c1-22(2)8-11-4-3-5-12(17(11)38-22)19(35)28-14-10-32-21(26)27-13(9-31-15(33)6-7-16(31)34)18-23(32,24(14,36)37)30-20(25)29-18/h3-5,13-14,18,36-37H,6-10H2,1-2H3,(H2,26,27)(H,28,35)(H3,25,29,30)/t13-,14?,18?,23?/m0/s1. The van der Waals surface area contributed by atoms with Gasteiger partial charge in [0.2, 0.25) is 17.6 Å². The highest BCUT2D eigenvalue weighted by Crippen LogP contribution is 2.45. The maximum absolute atomic E-state index is 13.4. The number of carbonyl (C=O) groups is 3. The van der Waals surface area contributed by atoms with Gasteiger partial charge in [0.1, 0.15) is 23.4 Å². The first-order valence-corrected chi connectivity index (χ1v) is 12.5. The molecule has 5 aliphatic heterocycles. The number of carbonyl (C=O) groups excluding carboxylic acids is 3. The third-order valence-electron chi connectivity index (χ3n) is 7.97. The van der Waals surface area contributed by atoms with Crippen LogP contribution >= 0.6 is 0 Å². The van der Waals surface area contributed by atoms with Crippen molar-refractivity contribution in [3.05, 3.63) is 29.3 Å². The summed E-state index contributed by atoms with van der Waals surface area (Å²) in [4.78, 5) is 49.2. The molecule has 8 N–H and O–H groups in total. The molecule has 1 aromatic rings. The van der Waals surface area contributed by atoms with Gasteiger partial charge in [-0.1, -0.05) is 12.1 Å². The minimum absolute atomic E-state index is 0.0716. The lowest BCUT2D eigenvalue weighted by Gasteiger charge is -2.49. The molecule has 1 aromatic carbocycles. The summed E-state index contributed by atoms with van der Waals surface area (Å²) in [7, 11) is 0. The van der Waals surface area contributed by atoms with Crippen molar-refractivity contribution >= 4 is 29.6 Å². The number of rotatable bonds is 4. The average molecular weight is 527 g/mol. The minimum Gasteiger partial charge on any atom is -0.486 e. The van der Waals surface area contributed by atoms with Crippen molar-refractivity contribution in [2.75, 3.05) is 13.1 Å². The number of amides is 3. The molecule has 14 heteroatoms. The molecule has 6 rings (SSSR count). The van der Waals surface area contributed by atoms with Gasteiger partial charge in [-0.3, -0.25) is 19.3 Å². The SMILES string of the molecule is CC1(C)Cc2cccc(C(=O)NC3CN4C(N)=N[C@@H](CN5C(=O)CCC5=O)C5N=C(N)NC54C3(O)O)c2O1. The van der Waals surface area contributed by atoms with Gasteiger partial charge in [0.15, 0.2) is 17.6 Å². The van der Waals surface area contributed by atoms with Crippen molar-refractivity contribution in [2.24, 2.45) is 21.5 Å². The summed E-state index contributed by atoms with van der Waals surface area (Å²) < 4.78 is 6.01. The molecule has 0 aliphatic carbocycles. The van der Waals surface area contributed by atoms with E-state index in [1.165, 1.54) is 4.90 Å². The summed E-state index contributed by atoms with van der Waals surface area (Å²) in [5.41, 5.74) is 11.2. The predicted octanol–water partition coefficient (Wildman–Crippen LogP) is -2.68. The fourth-order valence-corrected chi connectivity index (χ4v) is 6.28. The monoisotopic (exact) mass is 526 g/mol. The Morgan fingerprint density at radius 2 is 1.92 bits per heavy atom. The molecular formula is C24H30N8O6. The van der Waals surface area contributed by atoms with Gasteiger partial charge in [-0.25, -0.2) is 9.98 Å². The molecule has 202 valence electrons. The van der Waals surface area contributed by atoms with Crippen molar-refractivity contribution in [3.8, 4) is 5.75 Å². The number of fused-ring (bicyclic) bond motifs is 1. The maximum Gasteiger partial charge on any atom is 0.255 e. The number of hydrogen-bond donors (Lipinski definition) is 6. The van der Waals surface area contributed by atoms with E-state index in [4.69, 9.17) is 16.2 Å². The molecule has 4 atom stereocenters. The number of hydrogen-bond acceptors (Lipinski definition) is 12. The molecule has 0 bridgehead atoms. The zero-order chi connectivity index (χ0) is 27.2. The number of ether oxygens (including phenoxy) is 1. The Hall–Kier alpha value is -3.91. The summed E-state index contributed by atoms with van der Waals surface area (Å²) in [6.07, 6.45) is 0.823. The van der Waals surface area contributed by atoms with E-state index >= 15 is 0 Å². The summed E-state index contributed by atoms with van der Waals surface area (Å²) in [5, 5.41) is 28.8. The Balaban J connectivity index is 1.31. The molecule has 2 saturated heterocycles. The van der Waals surface area contributed by atoms with Gasteiger partial charge in [0, 0.05) is 25.8 Å². The molecule has 2 fully saturated rings. The van der Waals surface area contributed by atoms with Crippen LogP contribution in [0.2, 0.25) is 0 Å². The first-order valence-electron chi connectivity index (χ1n) is 12.5. The van der Waals surface area contributed by atoms with Crippen LogP contribution in [0, 0.1) is 0 Å². The lowest BCUT2D eigenvalue weighted by molar-refractivity contribution is -0.230. The average Bonchev–Trinajstić information content (AvgIpc) is 3.52. The second kappa shape index (κ2) is 7.80. The minimum atomic E-state index is -2.64. The van der Waals surface area contributed by atoms with E-state index in [9.17, 15) is 24.6 Å². The lowest BCUT2D eigenvalue weighted by Crippen LogP contribution is -2.78. The van der Waals surface area contributed by atoms with Crippen LogP contribution in [0.4, 0.5) is 0 Å². The number of nitrogens with zero attached hydrogens (tertiary/aromatic N) is 4. The van der Waals surface area contributed by atoms with Crippen LogP contribution in [-0.4, -0.2) is 97.9 Å². The molecule has 0 saturated carbocycles. The van der Waals surface area contributed by atoms with Crippen LogP contribution in [0.25, 0.3) is 0 Å². The van der Waals surface area contributed by atoms with E-state index in [1.807, 2.05) is 19.9 Å². The van der Waals surface area contributed by atoms with Gasteiger partial charge in [-0.15, -0.1) is 0 Å². The largest absolute Gasteiger partial charge is 0.486 e. The van der Waals surface area contributed by atoms with Crippen LogP contribution < -0.4 is 26.8 Å². The molecule has 5 aliphatic rings. The number of aliphatic imine (C=N–C) groups is 2. The number of aliphatic hydroxyl groups is 2. The normalized spacial score (nSPS) is 32.2. The lowest BCUT2D eigenvalue weighted by atomic mass is 9.84. The van der Waals surface area contributed by atoms with Crippen molar-refractivity contribution in [1.29, 1.82) is 0 Å². The molecule has 14 nitrogen and oxygen atoms in total. The smallest absolute Gasteiger partial charge is 0.255 e. The Kier molecular flexibility index (Phi) is 5.01. The van der Waals surface area contributed by atoms with Gasteiger partial charge >= 0.3 is 0 Å². The first-order chi connectivity index (χ1) is 17.8. The quantitative estimate of drug-likeness (QED) is 0.177. The summed E-state index contributed by atoms with van der Waals surface area (Å²) >= 11 is 0. The van der Waals surface area contributed by atoms with Gasteiger partial charge < -0.3 is 42.0 Å². The van der Waals surface area contributed by atoms with E-state index in [1.54, 1.807) is 12.1 Å². The topological polar surface area (TPSA) is 208 Å². The zero-order valence-electron chi connectivity index (χ0n) is 21.0. The number of para-hydroxylation sites is 1. The molecule has 0 radical (unpaired) electrons. The third kappa shape index (κ3) is 3.29. The summed E-state index contributed by atoms with van der Waals surface area (Å²) in [5.74, 6) is -3.61. The number of imide groups is 1. The van der Waals surface area contributed by atoms with Crippen molar-refractivity contribution in [2.45, 2.75) is 68.3 Å². The molecule has 5 heterocycles. The Labute approximate surface area is 217 Å². The molecule has 38 heavy (non-hydrogen) atoms. The number of benzene rings is 1. The van der Waals surface area contributed by atoms with Crippen molar-refractivity contribution < 1.29 is 29.3 Å². The van der Waals surface area contributed by atoms with Gasteiger partial charge in [0.25, 0.3) is 5.91 Å². The maximum atomic E-state index is 13.4. The summed E-state index contributed by atoms with van der Waals surface area (Å²) in [6.45, 7) is 3.57. The third-order valence-corrected chi connectivity index (χ3v) is 7.97. The van der Waals surface area contributed by atoms with Gasteiger partial charge in [-0.2, -0.15) is 0 Å². The van der Waals surface area contributed by atoms with E-state index < -0.39 is 41.1 Å².